The van der Waals surface area contributed by atoms with Crippen LogP contribution in [0.25, 0.3) is 0 Å². The number of benzene rings is 1. The Balaban J connectivity index is 1.57. The van der Waals surface area contributed by atoms with E-state index in [1.165, 1.54) is 4.90 Å². The molecule has 0 saturated heterocycles. The monoisotopic (exact) mass is 371 g/mol. The highest BCUT2D eigenvalue weighted by molar-refractivity contribution is 7.11. The first-order valence-corrected chi connectivity index (χ1v) is 9.30. The number of aliphatic imine (C=N–C) groups is 1. The van der Waals surface area contributed by atoms with Gasteiger partial charge in [0.15, 0.2) is 5.96 Å². The Labute approximate surface area is 156 Å². The number of hydrogen-bond donors (Lipinski definition) is 2. The zero-order valence-corrected chi connectivity index (χ0v) is 15.6. The third-order valence-corrected chi connectivity index (χ3v) is 4.79. The Morgan fingerprint density at radius 3 is 2.46 bits per heavy atom. The predicted molar refractivity (Wildman–Crippen MR) is 101 cm³/mol. The van der Waals surface area contributed by atoms with Crippen LogP contribution in [0.5, 0.6) is 0 Å². The normalized spacial score (nSPS) is 13.9. The number of amides is 2. The average Bonchev–Trinajstić information content (AvgIpc) is 3.16. The van der Waals surface area contributed by atoms with Crippen LogP contribution in [0.3, 0.4) is 0 Å². The van der Waals surface area contributed by atoms with Crippen molar-refractivity contribution in [1.82, 2.24) is 20.5 Å². The smallest absolute Gasteiger partial charge is 0.261 e. The fraction of sp³-hybridized carbons (Fsp3) is 0.333. The Morgan fingerprint density at radius 1 is 1.19 bits per heavy atom. The van der Waals surface area contributed by atoms with Crippen molar-refractivity contribution in [3.63, 3.8) is 0 Å². The minimum atomic E-state index is -0.243. The van der Waals surface area contributed by atoms with Gasteiger partial charge in [-0.1, -0.05) is 12.1 Å². The summed E-state index contributed by atoms with van der Waals surface area (Å²) < 4.78 is 0. The van der Waals surface area contributed by atoms with Gasteiger partial charge in [0.25, 0.3) is 11.8 Å². The van der Waals surface area contributed by atoms with Gasteiger partial charge in [0.1, 0.15) is 5.01 Å². The number of aryl methyl sites for hydroxylation is 1. The number of fused-ring (bicyclic) bond motifs is 1. The summed E-state index contributed by atoms with van der Waals surface area (Å²) in [6.07, 6.45) is 1.83. The van der Waals surface area contributed by atoms with Crippen molar-refractivity contribution < 1.29 is 9.59 Å². The Hall–Kier alpha value is -2.74. The fourth-order valence-electron chi connectivity index (χ4n) is 2.69. The van der Waals surface area contributed by atoms with Gasteiger partial charge in [-0.2, -0.15) is 0 Å². The second-order valence-electron chi connectivity index (χ2n) is 5.79. The number of hydrogen-bond acceptors (Lipinski definition) is 5. The van der Waals surface area contributed by atoms with Crippen LogP contribution in [-0.2, 0) is 6.54 Å². The number of nitrogens with one attached hydrogen (secondary N) is 2. The number of rotatable bonds is 6. The number of thiazole rings is 1. The molecule has 1 aliphatic heterocycles. The summed E-state index contributed by atoms with van der Waals surface area (Å²) in [5.74, 6) is 0.150. The van der Waals surface area contributed by atoms with Gasteiger partial charge in [-0.05, 0) is 26.0 Å². The Morgan fingerprint density at radius 2 is 1.88 bits per heavy atom. The summed E-state index contributed by atoms with van der Waals surface area (Å²) in [4.78, 5) is 35.9. The lowest BCUT2D eigenvalue weighted by atomic mass is 10.1. The molecule has 8 heteroatoms. The molecule has 2 aromatic rings. The number of aromatic nitrogens is 1. The number of nitrogens with zero attached hydrogens (tertiary/aromatic N) is 3. The molecule has 136 valence electrons. The number of carbonyl (C=O) groups is 2. The molecule has 1 aromatic heterocycles. The van der Waals surface area contributed by atoms with Gasteiger partial charge >= 0.3 is 0 Å². The molecule has 1 aliphatic rings. The molecule has 0 radical (unpaired) electrons. The standard InChI is InChI=1S/C18H21N5O2S/c1-3-19-18(22-11-15-21-10-12(2)26-15)20-8-9-23-16(24)13-6-4-5-7-14(13)17(23)25/h4-7,10H,3,8-9,11H2,1-2H3,(H2,19,20,22). The quantitative estimate of drug-likeness (QED) is 0.459. The second kappa shape index (κ2) is 8.09. The summed E-state index contributed by atoms with van der Waals surface area (Å²) >= 11 is 1.61. The van der Waals surface area contributed by atoms with Crippen LogP contribution in [0.2, 0.25) is 0 Å². The summed E-state index contributed by atoms with van der Waals surface area (Å²) in [6, 6.07) is 6.90. The summed E-state index contributed by atoms with van der Waals surface area (Å²) in [6.45, 7) is 5.91. The first kappa shape index (κ1) is 18.1. The third-order valence-electron chi connectivity index (χ3n) is 3.89. The van der Waals surface area contributed by atoms with E-state index < -0.39 is 0 Å². The molecule has 3 rings (SSSR count). The highest BCUT2D eigenvalue weighted by Gasteiger charge is 2.34. The van der Waals surface area contributed by atoms with Crippen LogP contribution in [-0.4, -0.2) is 47.3 Å². The predicted octanol–water partition coefficient (Wildman–Crippen LogP) is 1.80. The second-order valence-corrected chi connectivity index (χ2v) is 7.11. The molecule has 7 nitrogen and oxygen atoms in total. The van der Waals surface area contributed by atoms with E-state index in [0.717, 1.165) is 16.4 Å². The van der Waals surface area contributed by atoms with Crippen LogP contribution in [0.15, 0.2) is 35.5 Å². The maximum Gasteiger partial charge on any atom is 0.261 e. The summed E-state index contributed by atoms with van der Waals surface area (Å²) in [5.41, 5.74) is 0.939. The Bertz CT molecular complexity index is 811. The molecule has 0 aliphatic carbocycles. The SMILES string of the molecule is CCNC(=NCc1ncc(C)s1)NCCN1C(=O)c2ccccc2C1=O. The maximum absolute atomic E-state index is 12.3. The molecule has 2 amide bonds. The average molecular weight is 371 g/mol. The molecule has 0 spiro atoms. The van der Waals surface area contributed by atoms with E-state index in [-0.39, 0.29) is 18.4 Å². The van der Waals surface area contributed by atoms with E-state index >= 15 is 0 Å². The van der Waals surface area contributed by atoms with Crippen molar-refractivity contribution in [2.24, 2.45) is 4.99 Å². The molecule has 2 N–H and O–H groups in total. The third kappa shape index (κ3) is 3.91. The first-order chi connectivity index (χ1) is 12.6. The lowest BCUT2D eigenvalue weighted by Crippen LogP contribution is -2.43. The van der Waals surface area contributed by atoms with Gasteiger partial charge in [-0.15, -0.1) is 11.3 Å². The van der Waals surface area contributed by atoms with Crippen LogP contribution in [0.4, 0.5) is 0 Å². The van der Waals surface area contributed by atoms with Crippen molar-refractivity contribution in [2.75, 3.05) is 19.6 Å². The molecule has 0 fully saturated rings. The van der Waals surface area contributed by atoms with Crippen molar-refractivity contribution in [2.45, 2.75) is 20.4 Å². The van der Waals surface area contributed by atoms with Crippen molar-refractivity contribution >= 4 is 29.1 Å². The van der Waals surface area contributed by atoms with Crippen LogP contribution in [0.1, 0.15) is 37.5 Å². The highest BCUT2D eigenvalue weighted by Crippen LogP contribution is 2.21. The van der Waals surface area contributed by atoms with Gasteiger partial charge in [0, 0.05) is 30.7 Å². The van der Waals surface area contributed by atoms with Gasteiger partial charge in [0.2, 0.25) is 0 Å². The van der Waals surface area contributed by atoms with Crippen LogP contribution in [0, 0.1) is 6.92 Å². The topological polar surface area (TPSA) is 86.7 Å². The minimum absolute atomic E-state index is 0.243. The van der Waals surface area contributed by atoms with Crippen LogP contribution < -0.4 is 10.6 Å². The van der Waals surface area contributed by atoms with E-state index in [2.05, 4.69) is 20.6 Å². The molecule has 2 heterocycles. The number of carbonyl (C=O) groups excluding carboxylic acids is 2. The lowest BCUT2D eigenvalue weighted by Gasteiger charge is -2.16. The van der Waals surface area contributed by atoms with E-state index in [0.29, 0.717) is 30.2 Å². The molecule has 0 unspecified atom stereocenters. The molecule has 0 atom stereocenters. The Kier molecular flexibility index (Phi) is 5.62. The van der Waals surface area contributed by atoms with Gasteiger partial charge < -0.3 is 10.6 Å². The van der Waals surface area contributed by atoms with E-state index in [4.69, 9.17) is 0 Å². The van der Waals surface area contributed by atoms with E-state index in [1.54, 1.807) is 35.6 Å². The zero-order chi connectivity index (χ0) is 18.5. The van der Waals surface area contributed by atoms with Crippen LogP contribution >= 0.6 is 11.3 Å². The van der Waals surface area contributed by atoms with Crippen molar-refractivity contribution in [3.05, 3.63) is 51.5 Å². The van der Waals surface area contributed by atoms with Gasteiger partial charge in [0.05, 0.1) is 17.7 Å². The van der Waals surface area contributed by atoms with E-state index in [9.17, 15) is 9.59 Å². The molecular weight excluding hydrogens is 350 g/mol. The van der Waals surface area contributed by atoms with Crippen molar-refractivity contribution in [3.8, 4) is 0 Å². The summed E-state index contributed by atoms with van der Waals surface area (Å²) in [7, 11) is 0. The minimum Gasteiger partial charge on any atom is -0.357 e. The highest BCUT2D eigenvalue weighted by atomic mass is 32.1. The largest absolute Gasteiger partial charge is 0.357 e. The molecular formula is C18H21N5O2S. The summed E-state index contributed by atoms with van der Waals surface area (Å²) in [5, 5.41) is 7.26. The molecule has 0 bridgehead atoms. The molecule has 0 saturated carbocycles. The van der Waals surface area contributed by atoms with Gasteiger partial charge in [-0.3, -0.25) is 14.5 Å². The number of imide groups is 1. The number of guanidine groups is 1. The lowest BCUT2D eigenvalue weighted by molar-refractivity contribution is 0.0657. The molecule has 1 aromatic carbocycles. The first-order valence-electron chi connectivity index (χ1n) is 8.49. The van der Waals surface area contributed by atoms with Gasteiger partial charge in [-0.25, -0.2) is 9.98 Å². The van der Waals surface area contributed by atoms with E-state index in [1.807, 2.05) is 20.0 Å². The zero-order valence-electron chi connectivity index (χ0n) is 14.8. The fourth-order valence-corrected chi connectivity index (χ4v) is 3.40. The van der Waals surface area contributed by atoms with Crippen molar-refractivity contribution in [1.29, 1.82) is 0 Å². The maximum atomic E-state index is 12.3. The molecule has 26 heavy (non-hydrogen) atoms.